The first-order chi connectivity index (χ1) is 14.6. The van der Waals surface area contributed by atoms with E-state index in [1.54, 1.807) is 13.8 Å². The SMILES string of the molecule is CC(C)CC(N)C(=O)N[C@H](C(=O)NC(CC(C)C)C(=O)N[C@@H](CC(C)C)C(=O)O)C(C)C. The van der Waals surface area contributed by atoms with Gasteiger partial charge in [-0.15, -0.1) is 0 Å². The quantitative estimate of drug-likeness (QED) is 0.268. The lowest BCUT2D eigenvalue weighted by Crippen LogP contribution is -2.58. The van der Waals surface area contributed by atoms with Crippen LogP contribution in [-0.2, 0) is 19.2 Å². The number of carboxylic acid groups (broad SMARTS) is 1. The van der Waals surface area contributed by atoms with Crippen molar-refractivity contribution in [1.82, 2.24) is 16.0 Å². The zero-order valence-electron chi connectivity index (χ0n) is 20.9. The number of amides is 3. The highest BCUT2D eigenvalue weighted by Crippen LogP contribution is 2.11. The molecule has 186 valence electrons. The Morgan fingerprint density at radius 2 is 1.09 bits per heavy atom. The van der Waals surface area contributed by atoms with E-state index in [9.17, 15) is 24.3 Å². The van der Waals surface area contributed by atoms with Gasteiger partial charge in [0.1, 0.15) is 18.1 Å². The Balaban J connectivity index is 5.42. The molecular formula is C23H44N4O5. The van der Waals surface area contributed by atoms with Gasteiger partial charge in [-0.25, -0.2) is 4.79 Å². The third kappa shape index (κ3) is 11.5. The van der Waals surface area contributed by atoms with Crippen LogP contribution in [0.2, 0.25) is 0 Å². The fraction of sp³-hybridized carbons (Fsp3) is 0.826. The third-order valence-corrected chi connectivity index (χ3v) is 4.97. The molecule has 0 fully saturated rings. The predicted octanol–water partition coefficient (Wildman–Crippen LogP) is 1.65. The van der Waals surface area contributed by atoms with Crippen LogP contribution in [0.1, 0.15) is 74.7 Å². The topological polar surface area (TPSA) is 151 Å². The summed E-state index contributed by atoms with van der Waals surface area (Å²) in [6.45, 7) is 15.0. The van der Waals surface area contributed by atoms with Crippen molar-refractivity contribution in [1.29, 1.82) is 0 Å². The molecule has 0 aliphatic carbocycles. The van der Waals surface area contributed by atoms with Gasteiger partial charge >= 0.3 is 5.97 Å². The van der Waals surface area contributed by atoms with Gasteiger partial charge in [0, 0.05) is 0 Å². The molecule has 2 unspecified atom stereocenters. The van der Waals surface area contributed by atoms with E-state index in [2.05, 4.69) is 16.0 Å². The second-order valence-electron chi connectivity index (χ2n) is 10.2. The molecule has 0 aliphatic heterocycles. The number of aliphatic carboxylic acids is 1. The largest absolute Gasteiger partial charge is 0.480 e. The molecular weight excluding hydrogens is 412 g/mol. The van der Waals surface area contributed by atoms with E-state index in [4.69, 9.17) is 5.73 Å². The average molecular weight is 457 g/mol. The van der Waals surface area contributed by atoms with E-state index >= 15 is 0 Å². The standard InChI is InChI=1S/C23H44N4O5/c1-12(2)9-16(24)20(28)27-19(15(7)8)22(30)25-17(10-13(3)4)21(29)26-18(23(31)32)11-14(5)6/h12-19H,9-11,24H2,1-8H3,(H,25,30)(H,26,29)(H,27,28)(H,31,32)/t16?,17?,18-,19-/m0/s1. The van der Waals surface area contributed by atoms with Crippen molar-refractivity contribution in [2.75, 3.05) is 0 Å². The lowest BCUT2D eigenvalue weighted by Gasteiger charge is -2.28. The van der Waals surface area contributed by atoms with E-state index in [1.807, 2.05) is 41.5 Å². The Hall–Kier alpha value is -2.16. The number of hydrogen-bond donors (Lipinski definition) is 5. The number of carbonyl (C=O) groups is 4. The molecule has 0 aromatic carbocycles. The van der Waals surface area contributed by atoms with Crippen LogP contribution >= 0.6 is 0 Å². The van der Waals surface area contributed by atoms with E-state index in [0.717, 1.165) is 0 Å². The maximum atomic E-state index is 13.0. The van der Waals surface area contributed by atoms with E-state index in [0.29, 0.717) is 12.8 Å². The minimum atomic E-state index is -1.12. The summed E-state index contributed by atoms with van der Waals surface area (Å²) in [6.07, 6.45) is 1.10. The molecule has 0 saturated carbocycles. The minimum Gasteiger partial charge on any atom is -0.480 e. The van der Waals surface area contributed by atoms with Crippen LogP contribution in [0, 0.1) is 23.7 Å². The smallest absolute Gasteiger partial charge is 0.326 e. The van der Waals surface area contributed by atoms with Crippen LogP contribution in [0.5, 0.6) is 0 Å². The molecule has 9 nitrogen and oxygen atoms in total. The maximum Gasteiger partial charge on any atom is 0.326 e. The summed E-state index contributed by atoms with van der Waals surface area (Å²) >= 11 is 0. The second-order valence-corrected chi connectivity index (χ2v) is 10.2. The molecule has 0 saturated heterocycles. The van der Waals surface area contributed by atoms with Gasteiger partial charge in [-0.1, -0.05) is 55.4 Å². The van der Waals surface area contributed by atoms with Gasteiger partial charge in [0.15, 0.2) is 0 Å². The normalized spacial score (nSPS) is 15.4. The van der Waals surface area contributed by atoms with Crippen molar-refractivity contribution in [2.45, 2.75) is 98.8 Å². The van der Waals surface area contributed by atoms with E-state index in [-0.39, 0.29) is 30.1 Å². The summed E-state index contributed by atoms with van der Waals surface area (Å²) in [5, 5.41) is 17.4. The van der Waals surface area contributed by atoms with Gasteiger partial charge in [0.05, 0.1) is 6.04 Å². The van der Waals surface area contributed by atoms with Crippen molar-refractivity contribution in [2.24, 2.45) is 29.4 Å². The lowest BCUT2D eigenvalue weighted by molar-refractivity contribution is -0.143. The number of carboxylic acids is 1. The van der Waals surface area contributed by atoms with Crippen molar-refractivity contribution in [3.63, 3.8) is 0 Å². The Morgan fingerprint density at radius 1 is 0.656 bits per heavy atom. The highest BCUT2D eigenvalue weighted by Gasteiger charge is 2.32. The monoisotopic (exact) mass is 456 g/mol. The minimum absolute atomic E-state index is 0.0742. The highest BCUT2D eigenvalue weighted by atomic mass is 16.4. The summed E-state index contributed by atoms with van der Waals surface area (Å²) in [4.78, 5) is 49.8. The predicted molar refractivity (Wildman–Crippen MR) is 125 cm³/mol. The van der Waals surface area contributed by atoms with Crippen molar-refractivity contribution in [3.05, 3.63) is 0 Å². The number of hydrogen-bond acceptors (Lipinski definition) is 5. The molecule has 9 heteroatoms. The molecule has 0 spiro atoms. The molecule has 32 heavy (non-hydrogen) atoms. The van der Waals surface area contributed by atoms with Gasteiger partial charge in [0.2, 0.25) is 17.7 Å². The fourth-order valence-corrected chi connectivity index (χ4v) is 3.34. The Bertz CT molecular complexity index is 634. The number of nitrogens with one attached hydrogen (secondary N) is 3. The summed E-state index contributed by atoms with van der Waals surface area (Å²) in [6, 6.07) is -3.55. The molecule has 0 aromatic rings. The van der Waals surface area contributed by atoms with Crippen LogP contribution in [0.25, 0.3) is 0 Å². The van der Waals surface area contributed by atoms with Gasteiger partial charge in [-0.05, 0) is 42.9 Å². The Kier molecular flexibility index (Phi) is 13.1. The number of nitrogens with two attached hydrogens (primary N) is 1. The Labute approximate surface area is 192 Å². The third-order valence-electron chi connectivity index (χ3n) is 4.97. The Morgan fingerprint density at radius 3 is 1.50 bits per heavy atom. The molecule has 4 atom stereocenters. The van der Waals surface area contributed by atoms with Gasteiger partial charge in [-0.2, -0.15) is 0 Å². The van der Waals surface area contributed by atoms with Crippen LogP contribution in [-0.4, -0.2) is 53.0 Å². The van der Waals surface area contributed by atoms with Gasteiger partial charge < -0.3 is 26.8 Å². The molecule has 0 bridgehead atoms. The van der Waals surface area contributed by atoms with Gasteiger partial charge in [0.25, 0.3) is 0 Å². The number of rotatable bonds is 14. The summed E-state index contributed by atoms with van der Waals surface area (Å²) < 4.78 is 0. The molecule has 0 rings (SSSR count). The second kappa shape index (κ2) is 14.1. The molecule has 0 aliphatic rings. The van der Waals surface area contributed by atoms with Crippen molar-refractivity contribution < 1.29 is 24.3 Å². The maximum absolute atomic E-state index is 13.0. The summed E-state index contributed by atoms with van der Waals surface area (Å²) in [5.74, 6) is -2.44. The molecule has 0 radical (unpaired) electrons. The van der Waals surface area contributed by atoms with E-state index < -0.39 is 47.9 Å². The molecule has 0 heterocycles. The summed E-state index contributed by atoms with van der Waals surface area (Å²) in [5.41, 5.74) is 5.94. The molecule has 0 aromatic heterocycles. The lowest BCUT2D eigenvalue weighted by atomic mass is 9.98. The van der Waals surface area contributed by atoms with Crippen LogP contribution in [0.3, 0.4) is 0 Å². The van der Waals surface area contributed by atoms with Crippen molar-refractivity contribution >= 4 is 23.7 Å². The first-order valence-electron chi connectivity index (χ1n) is 11.5. The van der Waals surface area contributed by atoms with Gasteiger partial charge in [-0.3, -0.25) is 14.4 Å². The number of carbonyl (C=O) groups excluding carboxylic acids is 3. The van der Waals surface area contributed by atoms with Crippen LogP contribution in [0.4, 0.5) is 0 Å². The highest BCUT2D eigenvalue weighted by molar-refractivity contribution is 5.94. The first-order valence-corrected chi connectivity index (χ1v) is 11.5. The van der Waals surface area contributed by atoms with Crippen LogP contribution < -0.4 is 21.7 Å². The zero-order valence-corrected chi connectivity index (χ0v) is 20.9. The molecule has 3 amide bonds. The van der Waals surface area contributed by atoms with Crippen molar-refractivity contribution in [3.8, 4) is 0 Å². The summed E-state index contributed by atoms with van der Waals surface area (Å²) in [7, 11) is 0. The fourth-order valence-electron chi connectivity index (χ4n) is 3.34. The zero-order chi connectivity index (χ0) is 25.2. The van der Waals surface area contributed by atoms with E-state index in [1.165, 1.54) is 0 Å². The van der Waals surface area contributed by atoms with Crippen LogP contribution in [0.15, 0.2) is 0 Å². The first kappa shape index (κ1) is 29.8. The molecule has 6 N–H and O–H groups in total. The average Bonchev–Trinajstić information content (AvgIpc) is 2.62.